The van der Waals surface area contributed by atoms with Gasteiger partial charge in [-0.2, -0.15) is 0 Å². The quantitative estimate of drug-likeness (QED) is 0.236. The van der Waals surface area contributed by atoms with Crippen molar-refractivity contribution in [3.05, 3.63) is 36.0 Å². The predicted octanol–water partition coefficient (Wildman–Crippen LogP) is 8.11. The minimum absolute atomic E-state index is 0.632. The van der Waals surface area contributed by atoms with Crippen LogP contribution < -0.4 is 0 Å². The molecule has 24 heavy (non-hydrogen) atoms. The molecule has 1 saturated carbocycles. The zero-order chi connectivity index (χ0) is 18.1. The lowest BCUT2D eigenvalue weighted by molar-refractivity contribution is 0.358. The highest BCUT2D eigenvalue weighted by Gasteiger charge is 2.35. The fourth-order valence-electron chi connectivity index (χ4n) is 4.10. The van der Waals surface area contributed by atoms with Crippen LogP contribution >= 0.6 is 0 Å². The van der Waals surface area contributed by atoms with Crippen molar-refractivity contribution < 1.29 is 0 Å². The van der Waals surface area contributed by atoms with Crippen LogP contribution in [-0.2, 0) is 0 Å². The first-order chi connectivity index (χ1) is 11.4. The molecule has 3 unspecified atom stereocenters. The Labute approximate surface area is 152 Å². The van der Waals surface area contributed by atoms with Crippen molar-refractivity contribution in [2.24, 2.45) is 23.7 Å². The van der Waals surface area contributed by atoms with Crippen molar-refractivity contribution in [2.75, 3.05) is 0 Å². The van der Waals surface area contributed by atoms with Crippen LogP contribution in [0.1, 0.15) is 92.4 Å². The monoisotopic (exact) mass is 330 g/mol. The van der Waals surface area contributed by atoms with Gasteiger partial charge in [0.25, 0.3) is 0 Å². The third-order valence-corrected chi connectivity index (χ3v) is 5.96. The second kappa shape index (κ2) is 11.0. The Morgan fingerprint density at radius 2 is 1.62 bits per heavy atom. The Morgan fingerprint density at radius 3 is 2.12 bits per heavy atom. The van der Waals surface area contributed by atoms with Gasteiger partial charge >= 0.3 is 0 Å². The van der Waals surface area contributed by atoms with E-state index in [1.54, 1.807) is 11.1 Å². The first-order valence-corrected chi connectivity index (χ1v) is 10.5. The summed E-state index contributed by atoms with van der Waals surface area (Å²) in [6.07, 6.45) is 14.5. The molecule has 1 aliphatic carbocycles. The van der Waals surface area contributed by atoms with E-state index in [0.29, 0.717) is 17.8 Å². The molecule has 1 fully saturated rings. The van der Waals surface area contributed by atoms with Crippen LogP contribution in [0.25, 0.3) is 0 Å². The number of unbranched alkanes of at least 4 members (excludes halogenated alkanes) is 5. The molecule has 0 bridgehead atoms. The van der Waals surface area contributed by atoms with E-state index in [2.05, 4.69) is 53.9 Å². The number of allylic oxidation sites excluding steroid dienone is 4. The van der Waals surface area contributed by atoms with Gasteiger partial charge in [-0.1, -0.05) is 90.9 Å². The molecular formula is C24H42. The summed E-state index contributed by atoms with van der Waals surface area (Å²) in [4.78, 5) is 0. The fourth-order valence-corrected chi connectivity index (χ4v) is 4.10. The second-order valence-electron chi connectivity index (χ2n) is 8.38. The van der Waals surface area contributed by atoms with Gasteiger partial charge in [-0.3, -0.25) is 0 Å². The Hall–Kier alpha value is -0.780. The van der Waals surface area contributed by atoms with E-state index in [1.807, 2.05) is 0 Å². The smallest absolute Gasteiger partial charge is 0.00603 e. The number of hydrogen-bond donors (Lipinski definition) is 0. The van der Waals surface area contributed by atoms with Crippen molar-refractivity contribution in [2.45, 2.75) is 92.4 Å². The zero-order valence-corrected chi connectivity index (χ0v) is 17.2. The van der Waals surface area contributed by atoms with E-state index in [9.17, 15) is 0 Å². The molecule has 0 saturated heterocycles. The lowest BCUT2D eigenvalue weighted by Crippen LogP contribution is -2.15. The van der Waals surface area contributed by atoms with E-state index in [-0.39, 0.29) is 0 Å². The highest BCUT2D eigenvalue weighted by atomic mass is 14.4. The van der Waals surface area contributed by atoms with Gasteiger partial charge in [0.05, 0.1) is 0 Å². The van der Waals surface area contributed by atoms with Gasteiger partial charge in [-0.25, -0.2) is 0 Å². The number of rotatable bonds is 13. The highest BCUT2D eigenvalue weighted by Crippen LogP contribution is 2.49. The molecule has 1 aliphatic rings. The Kier molecular flexibility index (Phi) is 9.71. The van der Waals surface area contributed by atoms with Crippen LogP contribution in [0.3, 0.4) is 0 Å². The van der Waals surface area contributed by atoms with Gasteiger partial charge in [-0.15, -0.1) is 6.58 Å². The van der Waals surface area contributed by atoms with Gasteiger partial charge in [0.2, 0.25) is 0 Å². The average Bonchev–Trinajstić information content (AvgIpc) is 3.14. The summed E-state index contributed by atoms with van der Waals surface area (Å²) in [5.74, 6) is 2.73. The maximum atomic E-state index is 4.24. The fraction of sp³-hybridized carbons (Fsp3) is 0.750. The highest BCUT2D eigenvalue weighted by molar-refractivity contribution is 5.55. The normalized spacial score (nSPS) is 21.8. The number of hydrogen-bond acceptors (Lipinski definition) is 0. The molecule has 0 amide bonds. The molecule has 3 atom stereocenters. The molecule has 0 N–H and O–H groups in total. The first-order valence-electron chi connectivity index (χ1n) is 10.5. The summed E-state index contributed by atoms with van der Waals surface area (Å²) in [5, 5.41) is 0. The van der Waals surface area contributed by atoms with Crippen molar-refractivity contribution in [1.82, 2.24) is 0 Å². The van der Waals surface area contributed by atoms with Crippen LogP contribution in [0, 0.1) is 23.7 Å². The standard InChI is InChI=1S/C24H42/c1-8-10-11-12-13-14-15-23(21(7)24-19(5)20(24)6)22(9-2)17-16-18(3)4/h9,18,20,22-23H,2,5,8,10-17H2,1,3-4,6-7H3. The van der Waals surface area contributed by atoms with Crippen molar-refractivity contribution in [1.29, 1.82) is 0 Å². The first kappa shape index (κ1) is 21.3. The second-order valence-corrected chi connectivity index (χ2v) is 8.38. The van der Waals surface area contributed by atoms with Crippen LogP contribution in [0.2, 0.25) is 0 Å². The Balaban J connectivity index is 2.67. The summed E-state index contributed by atoms with van der Waals surface area (Å²) in [6.45, 7) is 20.1. The zero-order valence-electron chi connectivity index (χ0n) is 17.2. The van der Waals surface area contributed by atoms with E-state index in [4.69, 9.17) is 0 Å². The largest absolute Gasteiger partial charge is 0.103 e. The summed E-state index contributed by atoms with van der Waals surface area (Å²) >= 11 is 0. The van der Waals surface area contributed by atoms with Gasteiger partial charge in [-0.05, 0) is 48.7 Å². The maximum absolute atomic E-state index is 4.24. The van der Waals surface area contributed by atoms with Crippen molar-refractivity contribution >= 4 is 0 Å². The van der Waals surface area contributed by atoms with Crippen LogP contribution in [0.4, 0.5) is 0 Å². The predicted molar refractivity (Wildman–Crippen MR) is 110 cm³/mol. The molecule has 0 aromatic heterocycles. The Morgan fingerprint density at radius 1 is 1.04 bits per heavy atom. The third kappa shape index (κ3) is 6.61. The SMILES string of the molecule is C=CC(CCC(C)C)C(CCCCCCCC)C(C)=C1C(=C)C1C. The summed E-state index contributed by atoms with van der Waals surface area (Å²) < 4.78 is 0. The molecule has 0 nitrogen and oxygen atoms in total. The molecule has 0 heterocycles. The molecule has 0 heteroatoms. The topological polar surface area (TPSA) is 0 Å². The van der Waals surface area contributed by atoms with Gasteiger partial charge in [0.15, 0.2) is 0 Å². The van der Waals surface area contributed by atoms with Crippen molar-refractivity contribution in [3.63, 3.8) is 0 Å². The minimum atomic E-state index is 0.632. The third-order valence-electron chi connectivity index (χ3n) is 5.96. The molecule has 0 spiro atoms. The maximum Gasteiger partial charge on any atom is 0.00603 e. The van der Waals surface area contributed by atoms with E-state index >= 15 is 0 Å². The molecule has 0 radical (unpaired) electrons. The summed E-state index contributed by atoms with van der Waals surface area (Å²) in [7, 11) is 0. The molecule has 1 rings (SSSR count). The van der Waals surface area contributed by atoms with Crippen LogP contribution in [-0.4, -0.2) is 0 Å². The van der Waals surface area contributed by atoms with Gasteiger partial charge in [0, 0.05) is 5.92 Å². The summed E-state index contributed by atoms with van der Waals surface area (Å²) in [5.41, 5.74) is 4.57. The molecule has 138 valence electrons. The summed E-state index contributed by atoms with van der Waals surface area (Å²) in [6, 6.07) is 0. The molecule has 0 aliphatic heterocycles. The molecule has 0 aromatic carbocycles. The van der Waals surface area contributed by atoms with Crippen LogP contribution in [0.5, 0.6) is 0 Å². The van der Waals surface area contributed by atoms with E-state index < -0.39 is 0 Å². The average molecular weight is 331 g/mol. The van der Waals surface area contributed by atoms with Gasteiger partial charge < -0.3 is 0 Å². The Bertz CT molecular complexity index is 423. The van der Waals surface area contributed by atoms with Gasteiger partial charge in [0.1, 0.15) is 0 Å². The lowest BCUT2D eigenvalue weighted by Gasteiger charge is -2.27. The van der Waals surface area contributed by atoms with Crippen LogP contribution in [0.15, 0.2) is 36.0 Å². The van der Waals surface area contributed by atoms with E-state index in [1.165, 1.54) is 63.4 Å². The lowest BCUT2D eigenvalue weighted by atomic mass is 9.78. The molecular weight excluding hydrogens is 288 g/mol. The van der Waals surface area contributed by atoms with Crippen molar-refractivity contribution in [3.8, 4) is 0 Å². The minimum Gasteiger partial charge on any atom is -0.103 e. The molecule has 0 aromatic rings. The van der Waals surface area contributed by atoms with E-state index in [0.717, 1.165) is 5.92 Å².